The number of hydrogen-bond acceptors (Lipinski definition) is 3. The second-order valence-corrected chi connectivity index (χ2v) is 5.77. The van der Waals surface area contributed by atoms with Crippen LogP contribution in [-0.4, -0.2) is 23.9 Å². The van der Waals surface area contributed by atoms with Crippen LogP contribution in [0.5, 0.6) is 11.5 Å². The normalized spacial score (nSPS) is 12.2. The molecule has 2 aromatic carbocycles. The van der Waals surface area contributed by atoms with Gasteiger partial charge in [0.25, 0.3) is 5.91 Å². The molecule has 1 heterocycles. The van der Waals surface area contributed by atoms with E-state index in [1.165, 1.54) is 7.05 Å². The highest BCUT2D eigenvalue weighted by Gasteiger charge is 2.34. The highest BCUT2D eigenvalue weighted by Crippen LogP contribution is 2.40. The molecule has 0 saturated carbocycles. The fourth-order valence-electron chi connectivity index (χ4n) is 2.56. The van der Waals surface area contributed by atoms with Gasteiger partial charge in [0, 0.05) is 12.4 Å². The maximum atomic E-state index is 13.4. The molecular weight excluding hydrogens is 375 g/mol. The lowest BCUT2D eigenvalue weighted by molar-refractivity contribution is -0.136. The summed E-state index contributed by atoms with van der Waals surface area (Å²) in [4.78, 5) is 18.4. The number of fused-ring (bicyclic) bond motifs is 1. The Hall–Kier alpha value is -3.69. The van der Waals surface area contributed by atoms with Crippen molar-refractivity contribution in [3.8, 4) is 11.5 Å². The van der Waals surface area contributed by atoms with Crippen LogP contribution in [0.1, 0.15) is 16.1 Å². The molecule has 0 aliphatic heterocycles. The number of carbonyl (C=O) groups is 1. The Labute approximate surface area is 157 Å². The number of ether oxygens (including phenoxy) is 1. The van der Waals surface area contributed by atoms with Gasteiger partial charge in [0.1, 0.15) is 11.4 Å². The molecule has 28 heavy (non-hydrogen) atoms. The summed E-state index contributed by atoms with van der Waals surface area (Å²) in [6, 6.07) is 9.64. The molecule has 1 amide bonds. The number of nitrogen functional groups attached to an aromatic ring is 1. The summed E-state index contributed by atoms with van der Waals surface area (Å²) < 4.78 is 45.9. The van der Waals surface area contributed by atoms with Gasteiger partial charge in [0.15, 0.2) is 11.7 Å². The molecule has 6 N–H and O–H groups in total. The van der Waals surface area contributed by atoms with Gasteiger partial charge in [-0.05, 0) is 30.3 Å². The summed E-state index contributed by atoms with van der Waals surface area (Å²) in [6.45, 7) is 0. The molecule has 7 nitrogen and oxygen atoms in total. The molecule has 3 aromatic rings. The van der Waals surface area contributed by atoms with E-state index in [0.29, 0.717) is 5.69 Å². The lowest BCUT2D eigenvalue weighted by Gasteiger charge is -2.12. The highest BCUT2D eigenvalue weighted by molar-refractivity contribution is 6.05. The van der Waals surface area contributed by atoms with Gasteiger partial charge in [0.05, 0.1) is 16.8 Å². The predicted molar refractivity (Wildman–Crippen MR) is 99.2 cm³/mol. The van der Waals surface area contributed by atoms with E-state index in [1.807, 2.05) is 0 Å². The molecule has 0 unspecified atom stereocenters. The monoisotopic (exact) mass is 391 g/mol. The quantitative estimate of drug-likeness (QED) is 0.311. The Morgan fingerprint density at radius 1 is 1.18 bits per heavy atom. The average Bonchev–Trinajstić information content (AvgIpc) is 3.08. The van der Waals surface area contributed by atoms with Gasteiger partial charge in [-0.2, -0.15) is 18.2 Å². The Kier molecular flexibility index (Phi) is 4.87. The molecule has 0 aliphatic carbocycles. The topological polar surface area (TPSA) is 119 Å². The zero-order valence-corrected chi connectivity index (χ0v) is 14.6. The molecule has 3 rings (SSSR count). The number of para-hydroxylation sites is 2. The van der Waals surface area contributed by atoms with Crippen molar-refractivity contribution in [1.29, 1.82) is 0 Å². The molecule has 1 aromatic heterocycles. The van der Waals surface area contributed by atoms with Crippen molar-refractivity contribution in [1.82, 2.24) is 10.3 Å². The van der Waals surface area contributed by atoms with Crippen molar-refractivity contribution in [2.75, 3.05) is 12.8 Å². The molecule has 0 radical (unpaired) electrons. The first-order valence-corrected chi connectivity index (χ1v) is 8.02. The molecular formula is C18H16F3N5O2. The number of hydrogen-bond donors (Lipinski definition) is 4. The van der Waals surface area contributed by atoms with Crippen LogP contribution in [0.2, 0.25) is 0 Å². The van der Waals surface area contributed by atoms with Gasteiger partial charge >= 0.3 is 6.18 Å². The van der Waals surface area contributed by atoms with Crippen molar-refractivity contribution < 1.29 is 22.7 Å². The van der Waals surface area contributed by atoms with Crippen molar-refractivity contribution in [3.05, 3.63) is 53.7 Å². The Morgan fingerprint density at radius 2 is 1.89 bits per heavy atom. The third-order valence-electron chi connectivity index (χ3n) is 3.91. The van der Waals surface area contributed by atoms with E-state index < -0.39 is 17.6 Å². The van der Waals surface area contributed by atoms with Crippen LogP contribution >= 0.6 is 0 Å². The first-order valence-electron chi connectivity index (χ1n) is 8.02. The van der Waals surface area contributed by atoms with Crippen LogP contribution in [0.15, 0.2) is 47.5 Å². The number of H-pyrrole nitrogens is 1. The number of anilines is 1. The van der Waals surface area contributed by atoms with E-state index in [0.717, 1.165) is 18.2 Å². The zero-order valence-electron chi connectivity index (χ0n) is 14.6. The number of guanidine groups is 1. The molecule has 0 spiro atoms. The highest BCUT2D eigenvalue weighted by atomic mass is 19.4. The number of alkyl halides is 3. The SMILES string of the molecule is CNC(N)=NC(=O)c1cc2c(C(F)(F)F)ccc(Oc3ccccc3N)c2[nH]1. The summed E-state index contributed by atoms with van der Waals surface area (Å²) in [5.74, 6) is -0.663. The van der Waals surface area contributed by atoms with Crippen LogP contribution in [0.4, 0.5) is 18.9 Å². The van der Waals surface area contributed by atoms with E-state index in [4.69, 9.17) is 16.2 Å². The second-order valence-electron chi connectivity index (χ2n) is 5.77. The minimum atomic E-state index is -4.63. The van der Waals surface area contributed by atoms with Gasteiger partial charge < -0.3 is 26.5 Å². The number of amides is 1. The Bertz CT molecular complexity index is 1070. The molecule has 0 atom stereocenters. The van der Waals surface area contributed by atoms with Crippen molar-refractivity contribution in [2.45, 2.75) is 6.18 Å². The van der Waals surface area contributed by atoms with Gasteiger partial charge in [-0.15, -0.1) is 0 Å². The smallest absolute Gasteiger partial charge is 0.417 e. The predicted octanol–water partition coefficient (Wildman–Crippen LogP) is 3.24. The second kappa shape index (κ2) is 7.14. The van der Waals surface area contributed by atoms with Crippen molar-refractivity contribution in [2.24, 2.45) is 10.7 Å². The third-order valence-corrected chi connectivity index (χ3v) is 3.91. The Morgan fingerprint density at radius 3 is 2.54 bits per heavy atom. The molecule has 0 saturated heterocycles. The van der Waals surface area contributed by atoms with Crippen LogP contribution in [0.25, 0.3) is 10.9 Å². The summed E-state index contributed by atoms with van der Waals surface area (Å²) >= 11 is 0. The molecule has 10 heteroatoms. The lowest BCUT2D eigenvalue weighted by Crippen LogP contribution is -2.28. The number of rotatable bonds is 3. The molecule has 0 bridgehead atoms. The summed E-state index contributed by atoms with van der Waals surface area (Å²) in [5.41, 5.74) is 10.5. The van der Waals surface area contributed by atoms with Crippen LogP contribution in [-0.2, 0) is 6.18 Å². The van der Waals surface area contributed by atoms with Crippen LogP contribution < -0.4 is 21.5 Å². The summed E-state index contributed by atoms with van der Waals surface area (Å²) in [6.07, 6.45) is -4.63. The summed E-state index contributed by atoms with van der Waals surface area (Å²) in [5, 5.41) is 2.22. The summed E-state index contributed by atoms with van der Waals surface area (Å²) in [7, 11) is 1.45. The maximum absolute atomic E-state index is 13.4. The first kappa shape index (κ1) is 19.1. The number of aromatic amines is 1. The van der Waals surface area contributed by atoms with E-state index in [9.17, 15) is 18.0 Å². The van der Waals surface area contributed by atoms with Gasteiger partial charge in [-0.25, -0.2) is 0 Å². The lowest BCUT2D eigenvalue weighted by atomic mass is 10.1. The van der Waals surface area contributed by atoms with Gasteiger partial charge in [0.2, 0.25) is 0 Å². The molecule has 0 fully saturated rings. The number of nitrogens with two attached hydrogens (primary N) is 2. The Balaban J connectivity index is 2.15. The van der Waals surface area contributed by atoms with E-state index in [2.05, 4.69) is 15.3 Å². The van der Waals surface area contributed by atoms with E-state index in [-0.39, 0.29) is 34.1 Å². The number of halogens is 3. The fourth-order valence-corrected chi connectivity index (χ4v) is 2.56. The van der Waals surface area contributed by atoms with Gasteiger partial charge in [-0.1, -0.05) is 12.1 Å². The zero-order chi connectivity index (χ0) is 20.5. The molecule has 0 aliphatic rings. The van der Waals surface area contributed by atoms with Gasteiger partial charge in [-0.3, -0.25) is 4.79 Å². The van der Waals surface area contributed by atoms with E-state index in [1.54, 1.807) is 24.3 Å². The maximum Gasteiger partial charge on any atom is 0.417 e. The number of benzene rings is 2. The minimum absolute atomic E-state index is 0.0142. The largest absolute Gasteiger partial charge is 0.453 e. The third kappa shape index (κ3) is 3.70. The standard InChI is InChI=1S/C18H16F3N5O2/c1-24-17(23)26-16(27)12-8-9-10(18(19,20)21)6-7-14(15(9)25-12)28-13-5-3-2-4-11(13)22/h2-8,25H,22H2,1H3,(H3,23,24,26,27). The molecule has 146 valence electrons. The van der Waals surface area contributed by atoms with Crippen LogP contribution in [0, 0.1) is 0 Å². The minimum Gasteiger partial charge on any atom is -0.453 e. The fraction of sp³-hybridized carbons (Fsp3) is 0.111. The number of carbonyl (C=O) groups excluding carboxylic acids is 1. The number of aromatic nitrogens is 1. The van der Waals surface area contributed by atoms with Crippen molar-refractivity contribution >= 4 is 28.5 Å². The van der Waals surface area contributed by atoms with E-state index >= 15 is 0 Å². The number of nitrogens with one attached hydrogen (secondary N) is 2. The van der Waals surface area contributed by atoms with Crippen LogP contribution in [0.3, 0.4) is 0 Å². The number of nitrogens with zero attached hydrogens (tertiary/aromatic N) is 1. The van der Waals surface area contributed by atoms with Crippen molar-refractivity contribution in [3.63, 3.8) is 0 Å². The number of aliphatic imine (C=N–C) groups is 1. The average molecular weight is 391 g/mol. The first-order chi connectivity index (χ1) is 13.2.